The first-order valence-electron chi connectivity index (χ1n) is 8.46. The molecule has 0 aromatic heterocycles. The molecule has 0 spiro atoms. The van der Waals surface area contributed by atoms with Crippen molar-refractivity contribution in [3.63, 3.8) is 0 Å². The number of halogens is 1. The quantitative estimate of drug-likeness (QED) is 0.722. The third-order valence-electron chi connectivity index (χ3n) is 4.03. The molecule has 0 unspecified atom stereocenters. The van der Waals surface area contributed by atoms with Gasteiger partial charge in [0.25, 0.3) is 5.91 Å². The smallest absolute Gasteiger partial charge is 0.255 e. The lowest BCUT2D eigenvalue weighted by molar-refractivity contribution is -0.118. The van der Waals surface area contributed by atoms with Crippen LogP contribution in [-0.2, 0) is 4.79 Å². The maximum atomic E-state index is 13.3. The van der Waals surface area contributed by atoms with Crippen molar-refractivity contribution in [3.8, 4) is 5.75 Å². The Morgan fingerprint density at radius 3 is 2.63 bits per heavy atom. The summed E-state index contributed by atoms with van der Waals surface area (Å²) in [4.78, 5) is 25.4. The summed E-state index contributed by atoms with van der Waals surface area (Å²) in [6, 6.07) is 10.2. The maximum Gasteiger partial charge on any atom is 0.255 e. The molecule has 2 N–H and O–H groups in total. The third kappa shape index (κ3) is 5.72. The highest BCUT2D eigenvalue weighted by atomic mass is 32.2. The van der Waals surface area contributed by atoms with Crippen molar-refractivity contribution in [2.24, 2.45) is 0 Å². The molecule has 27 heavy (non-hydrogen) atoms. The Balaban J connectivity index is 2.16. The standard InChI is InChI=1S/C20H23FN2O3S/c1-13-12-14(21)8-9-16(13)22-20(25)17(10-11-27-3)23-19(24)15-6-4-5-7-18(15)26-2/h4-9,12,17H,10-11H2,1-3H3,(H,22,25)(H,23,24)/t17-/m1/s1. The van der Waals surface area contributed by atoms with Gasteiger partial charge in [0.15, 0.2) is 0 Å². The van der Waals surface area contributed by atoms with E-state index in [1.165, 1.54) is 25.3 Å². The van der Waals surface area contributed by atoms with Gasteiger partial charge in [-0.25, -0.2) is 4.39 Å². The summed E-state index contributed by atoms with van der Waals surface area (Å²) in [6.07, 6.45) is 2.40. The molecule has 2 amide bonds. The number of hydrogen-bond donors (Lipinski definition) is 2. The van der Waals surface area contributed by atoms with Gasteiger partial charge in [0.1, 0.15) is 17.6 Å². The van der Waals surface area contributed by atoms with Gasteiger partial charge in [0.05, 0.1) is 12.7 Å². The van der Waals surface area contributed by atoms with E-state index in [-0.39, 0.29) is 17.6 Å². The van der Waals surface area contributed by atoms with Gasteiger partial charge in [-0.05, 0) is 61.2 Å². The number of thioether (sulfide) groups is 1. The highest BCUT2D eigenvalue weighted by Gasteiger charge is 2.23. The van der Waals surface area contributed by atoms with E-state index in [1.54, 1.807) is 43.0 Å². The fourth-order valence-electron chi connectivity index (χ4n) is 2.56. The fourth-order valence-corrected chi connectivity index (χ4v) is 3.03. The summed E-state index contributed by atoms with van der Waals surface area (Å²) in [5, 5.41) is 5.55. The topological polar surface area (TPSA) is 67.4 Å². The minimum atomic E-state index is -0.723. The van der Waals surface area contributed by atoms with Crippen LogP contribution >= 0.6 is 11.8 Å². The van der Waals surface area contributed by atoms with Gasteiger partial charge in [0.2, 0.25) is 5.91 Å². The Bertz CT molecular complexity index is 814. The number of nitrogens with one attached hydrogen (secondary N) is 2. The van der Waals surface area contributed by atoms with E-state index >= 15 is 0 Å². The van der Waals surface area contributed by atoms with Crippen LogP contribution in [0.4, 0.5) is 10.1 Å². The van der Waals surface area contributed by atoms with Crippen molar-refractivity contribution in [1.82, 2.24) is 5.32 Å². The van der Waals surface area contributed by atoms with Crippen molar-refractivity contribution in [2.45, 2.75) is 19.4 Å². The van der Waals surface area contributed by atoms with Crippen molar-refractivity contribution < 1.29 is 18.7 Å². The summed E-state index contributed by atoms with van der Waals surface area (Å²) in [7, 11) is 1.49. The predicted octanol–water partition coefficient (Wildman–Crippen LogP) is 3.63. The number of aryl methyl sites for hydroxylation is 1. The van der Waals surface area contributed by atoms with E-state index < -0.39 is 6.04 Å². The van der Waals surface area contributed by atoms with Crippen LogP contribution in [0.3, 0.4) is 0 Å². The number of carbonyl (C=O) groups is 2. The molecule has 2 aromatic rings. The van der Waals surface area contributed by atoms with E-state index in [1.807, 2.05) is 6.26 Å². The van der Waals surface area contributed by atoms with Crippen LogP contribution < -0.4 is 15.4 Å². The van der Waals surface area contributed by atoms with Gasteiger partial charge in [-0.2, -0.15) is 11.8 Å². The highest BCUT2D eigenvalue weighted by Crippen LogP contribution is 2.19. The average Bonchev–Trinajstić information content (AvgIpc) is 2.66. The van der Waals surface area contributed by atoms with Crippen LogP contribution in [-0.4, -0.2) is 37.0 Å². The monoisotopic (exact) mass is 390 g/mol. The van der Waals surface area contributed by atoms with Gasteiger partial charge in [-0.15, -0.1) is 0 Å². The molecular formula is C20H23FN2O3S. The zero-order valence-electron chi connectivity index (χ0n) is 15.5. The van der Waals surface area contributed by atoms with Gasteiger partial charge < -0.3 is 15.4 Å². The van der Waals surface area contributed by atoms with Crippen LogP contribution in [0.15, 0.2) is 42.5 Å². The molecule has 5 nitrogen and oxygen atoms in total. The van der Waals surface area contributed by atoms with E-state index in [0.29, 0.717) is 34.7 Å². The lowest BCUT2D eigenvalue weighted by Gasteiger charge is -2.19. The number of benzene rings is 2. The number of anilines is 1. The van der Waals surface area contributed by atoms with Crippen molar-refractivity contribution in [1.29, 1.82) is 0 Å². The zero-order valence-corrected chi connectivity index (χ0v) is 16.4. The van der Waals surface area contributed by atoms with E-state index in [0.717, 1.165) is 0 Å². The van der Waals surface area contributed by atoms with Crippen LogP contribution in [0, 0.1) is 12.7 Å². The molecule has 0 saturated heterocycles. The molecule has 7 heteroatoms. The first-order chi connectivity index (χ1) is 13.0. The molecule has 0 radical (unpaired) electrons. The molecule has 0 bridgehead atoms. The van der Waals surface area contributed by atoms with E-state index in [2.05, 4.69) is 10.6 Å². The third-order valence-corrected chi connectivity index (χ3v) is 4.67. The predicted molar refractivity (Wildman–Crippen MR) is 107 cm³/mol. The highest BCUT2D eigenvalue weighted by molar-refractivity contribution is 7.98. The van der Waals surface area contributed by atoms with Crippen molar-refractivity contribution >= 4 is 29.3 Å². The summed E-state index contributed by atoms with van der Waals surface area (Å²) in [5.74, 6) is 0.0426. The van der Waals surface area contributed by atoms with Crippen LogP contribution in [0.1, 0.15) is 22.3 Å². The molecular weight excluding hydrogens is 367 g/mol. The number of rotatable bonds is 8. The molecule has 0 fully saturated rings. The first-order valence-corrected chi connectivity index (χ1v) is 9.85. The van der Waals surface area contributed by atoms with Crippen molar-refractivity contribution in [2.75, 3.05) is 24.4 Å². The van der Waals surface area contributed by atoms with Gasteiger partial charge >= 0.3 is 0 Å². The average molecular weight is 390 g/mol. The summed E-state index contributed by atoms with van der Waals surface area (Å²) >= 11 is 1.58. The number of carbonyl (C=O) groups excluding carboxylic acids is 2. The lowest BCUT2D eigenvalue weighted by atomic mass is 10.1. The Morgan fingerprint density at radius 2 is 1.96 bits per heavy atom. The number of hydrogen-bond acceptors (Lipinski definition) is 4. The number of amides is 2. The Morgan fingerprint density at radius 1 is 1.22 bits per heavy atom. The molecule has 2 aromatic carbocycles. The Hall–Kier alpha value is -2.54. The maximum absolute atomic E-state index is 13.3. The number of ether oxygens (including phenoxy) is 1. The largest absolute Gasteiger partial charge is 0.496 e. The molecule has 144 valence electrons. The zero-order chi connectivity index (χ0) is 19.8. The van der Waals surface area contributed by atoms with Gasteiger partial charge in [-0.1, -0.05) is 12.1 Å². The van der Waals surface area contributed by atoms with E-state index in [4.69, 9.17) is 4.74 Å². The summed E-state index contributed by atoms with van der Waals surface area (Å²) < 4.78 is 18.5. The van der Waals surface area contributed by atoms with Crippen molar-refractivity contribution in [3.05, 3.63) is 59.4 Å². The SMILES string of the molecule is COc1ccccc1C(=O)N[C@H](CCSC)C(=O)Nc1ccc(F)cc1C. The van der Waals surface area contributed by atoms with Crippen LogP contribution in [0.25, 0.3) is 0 Å². The van der Waals surface area contributed by atoms with Gasteiger partial charge in [0, 0.05) is 5.69 Å². The van der Waals surface area contributed by atoms with E-state index in [9.17, 15) is 14.0 Å². The Labute approximate surface area is 162 Å². The minimum Gasteiger partial charge on any atom is -0.496 e. The molecule has 2 rings (SSSR count). The molecule has 1 atom stereocenters. The number of para-hydroxylation sites is 1. The molecule has 0 heterocycles. The molecule has 0 aliphatic carbocycles. The normalized spacial score (nSPS) is 11.6. The fraction of sp³-hybridized carbons (Fsp3) is 0.300. The summed E-state index contributed by atoms with van der Waals surface area (Å²) in [6.45, 7) is 1.71. The Kier molecular flexibility index (Phi) is 7.67. The second kappa shape index (κ2) is 9.97. The van der Waals surface area contributed by atoms with Crippen LogP contribution in [0.5, 0.6) is 5.75 Å². The number of methoxy groups -OCH3 is 1. The lowest BCUT2D eigenvalue weighted by Crippen LogP contribution is -2.44. The molecule has 0 aliphatic rings. The van der Waals surface area contributed by atoms with Crippen LogP contribution in [0.2, 0.25) is 0 Å². The first kappa shape index (κ1) is 20.8. The second-order valence-electron chi connectivity index (χ2n) is 5.96. The molecule has 0 saturated carbocycles. The summed E-state index contributed by atoms with van der Waals surface area (Å²) in [5.41, 5.74) is 1.49. The second-order valence-corrected chi connectivity index (χ2v) is 6.94. The molecule has 0 aliphatic heterocycles. The van der Waals surface area contributed by atoms with Gasteiger partial charge in [-0.3, -0.25) is 9.59 Å². The minimum absolute atomic E-state index is 0.345.